The highest BCUT2D eigenvalue weighted by Gasteiger charge is 2.40. The number of Topliss-reactive ketones (excluding diaryl/α,β-unsaturated/α-hetero) is 1. The molecular formula is C24H27ClN2O7. The molecule has 0 amide bonds. The molecule has 0 saturated carbocycles. The molecule has 0 aliphatic carbocycles. The molecule has 0 bridgehead atoms. The quantitative estimate of drug-likeness (QED) is 0.238. The van der Waals surface area contributed by atoms with Gasteiger partial charge in [0, 0.05) is 30.7 Å². The van der Waals surface area contributed by atoms with Crippen molar-refractivity contribution in [2.75, 3.05) is 34.4 Å². The third kappa shape index (κ3) is 5.15. The van der Waals surface area contributed by atoms with Crippen LogP contribution in [0.2, 0.25) is 5.15 Å². The monoisotopic (exact) mass is 490 g/mol. The van der Waals surface area contributed by atoms with E-state index in [1.54, 1.807) is 12.1 Å². The van der Waals surface area contributed by atoms with Gasteiger partial charge in [-0.2, -0.15) is 0 Å². The Balaban J connectivity index is 2.20. The van der Waals surface area contributed by atoms with E-state index in [4.69, 9.17) is 30.5 Å². The van der Waals surface area contributed by atoms with Gasteiger partial charge >= 0.3 is 11.9 Å². The molecule has 182 valence electrons. The first kappa shape index (κ1) is 25.5. The number of methoxy groups -OCH3 is 2. The fourth-order valence-corrected chi connectivity index (χ4v) is 4.42. The van der Waals surface area contributed by atoms with Crippen molar-refractivity contribution in [3.05, 3.63) is 46.2 Å². The molecule has 10 heteroatoms. The lowest BCUT2D eigenvalue weighted by molar-refractivity contribution is -0.142. The Labute approximate surface area is 202 Å². The minimum atomic E-state index is -0.778. The van der Waals surface area contributed by atoms with Crippen LogP contribution >= 0.6 is 11.6 Å². The van der Waals surface area contributed by atoms with Crippen LogP contribution in [0.3, 0.4) is 0 Å². The second-order valence-corrected chi connectivity index (χ2v) is 8.29. The number of likely N-dealkylation sites (N-methyl/N-ethyl adjacent to an activating group) is 1. The maximum atomic E-state index is 13.1. The first-order valence-electron chi connectivity index (χ1n) is 10.7. The van der Waals surface area contributed by atoms with E-state index in [1.165, 1.54) is 40.3 Å². The Morgan fingerprint density at radius 1 is 1.18 bits per heavy atom. The van der Waals surface area contributed by atoms with E-state index in [9.17, 15) is 14.4 Å². The summed E-state index contributed by atoms with van der Waals surface area (Å²) in [5.74, 6) is -1.19. The Morgan fingerprint density at radius 3 is 2.47 bits per heavy atom. The number of benzene rings is 1. The van der Waals surface area contributed by atoms with Crippen molar-refractivity contribution in [3.63, 3.8) is 0 Å². The van der Waals surface area contributed by atoms with Crippen LogP contribution in [0.4, 0.5) is 0 Å². The number of hydrogen-bond donors (Lipinski definition) is 0. The van der Waals surface area contributed by atoms with Crippen molar-refractivity contribution in [2.24, 2.45) is 0 Å². The van der Waals surface area contributed by atoms with Crippen LogP contribution in [0.25, 0.3) is 0 Å². The predicted molar refractivity (Wildman–Crippen MR) is 124 cm³/mol. The molecule has 34 heavy (non-hydrogen) atoms. The number of esters is 2. The zero-order valence-corrected chi connectivity index (χ0v) is 20.5. The topological polar surface area (TPSA) is 104 Å². The Bertz CT molecular complexity index is 1100. The number of ether oxygens (including phenoxy) is 4. The van der Waals surface area contributed by atoms with Crippen LogP contribution in [0.1, 0.15) is 52.5 Å². The average molecular weight is 491 g/mol. The Hall–Kier alpha value is -3.17. The fraction of sp³-hybridized carbons (Fsp3) is 0.417. The molecule has 2 aromatic rings. The van der Waals surface area contributed by atoms with Crippen LogP contribution in [0.5, 0.6) is 17.2 Å². The van der Waals surface area contributed by atoms with Crippen molar-refractivity contribution in [1.29, 1.82) is 0 Å². The molecule has 9 nitrogen and oxygen atoms in total. The van der Waals surface area contributed by atoms with Crippen molar-refractivity contribution in [2.45, 2.75) is 32.2 Å². The molecule has 0 spiro atoms. The van der Waals surface area contributed by atoms with Gasteiger partial charge in [-0.25, -0.2) is 9.78 Å². The summed E-state index contributed by atoms with van der Waals surface area (Å²) < 4.78 is 22.2. The largest absolute Gasteiger partial charge is 0.496 e. The first-order chi connectivity index (χ1) is 16.2. The van der Waals surface area contributed by atoms with E-state index in [0.29, 0.717) is 24.3 Å². The molecule has 1 saturated heterocycles. The van der Waals surface area contributed by atoms with Gasteiger partial charge in [0.25, 0.3) is 0 Å². The molecule has 3 rings (SSSR count). The lowest BCUT2D eigenvalue weighted by Crippen LogP contribution is -2.34. The molecule has 1 aromatic heterocycles. The van der Waals surface area contributed by atoms with Gasteiger partial charge in [0.1, 0.15) is 28.8 Å². The Kier molecular flexibility index (Phi) is 8.11. The lowest BCUT2D eigenvalue weighted by Gasteiger charge is -2.28. The molecule has 0 N–H and O–H groups in total. The Morgan fingerprint density at radius 2 is 1.88 bits per heavy atom. The van der Waals surface area contributed by atoms with Gasteiger partial charge in [-0.15, -0.1) is 0 Å². The molecule has 1 aromatic carbocycles. The summed E-state index contributed by atoms with van der Waals surface area (Å²) in [6.45, 7) is 3.53. The van der Waals surface area contributed by atoms with Gasteiger partial charge < -0.3 is 18.9 Å². The van der Waals surface area contributed by atoms with Crippen LogP contribution in [-0.4, -0.2) is 68.1 Å². The molecule has 0 radical (unpaired) electrons. The summed E-state index contributed by atoms with van der Waals surface area (Å²) >= 11 is 6.10. The molecule has 2 heterocycles. The predicted octanol–water partition coefficient (Wildman–Crippen LogP) is 3.52. The van der Waals surface area contributed by atoms with Crippen molar-refractivity contribution < 1.29 is 33.3 Å². The van der Waals surface area contributed by atoms with Crippen molar-refractivity contribution in [3.8, 4) is 17.2 Å². The number of aromatic nitrogens is 1. The fourth-order valence-electron chi connectivity index (χ4n) is 4.22. The van der Waals surface area contributed by atoms with E-state index in [0.717, 1.165) is 0 Å². The highest BCUT2D eigenvalue weighted by atomic mass is 35.5. The van der Waals surface area contributed by atoms with Crippen LogP contribution in [0, 0.1) is 0 Å². The van der Waals surface area contributed by atoms with Gasteiger partial charge in [0.05, 0.1) is 25.8 Å². The number of carbonyl (C=O) groups excluding carboxylic acids is 3. The number of ketones is 1. The highest BCUT2D eigenvalue weighted by Crippen LogP contribution is 2.48. The number of carbonyl (C=O) groups is 3. The van der Waals surface area contributed by atoms with Gasteiger partial charge in [0.2, 0.25) is 0 Å². The van der Waals surface area contributed by atoms with E-state index < -0.39 is 11.9 Å². The van der Waals surface area contributed by atoms with Gasteiger partial charge in [0.15, 0.2) is 11.5 Å². The van der Waals surface area contributed by atoms with Crippen LogP contribution in [0.15, 0.2) is 24.4 Å². The minimum Gasteiger partial charge on any atom is -0.496 e. The van der Waals surface area contributed by atoms with E-state index in [1.807, 2.05) is 11.9 Å². The summed E-state index contributed by atoms with van der Waals surface area (Å²) in [4.78, 5) is 43.3. The third-order valence-corrected chi connectivity index (χ3v) is 6.16. The van der Waals surface area contributed by atoms with Crippen molar-refractivity contribution >= 4 is 29.3 Å². The number of likely N-dealkylation sites (tertiary alicyclic amines) is 1. The van der Waals surface area contributed by atoms with Gasteiger partial charge in [-0.3, -0.25) is 14.5 Å². The molecule has 1 aliphatic rings. The number of pyridine rings is 1. The smallest absolute Gasteiger partial charge is 0.346 e. The highest BCUT2D eigenvalue weighted by molar-refractivity contribution is 6.32. The third-order valence-electron chi connectivity index (χ3n) is 5.86. The lowest BCUT2D eigenvalue weighted by atomic mass is 9.87. The minimum absolute atomic E-state index is 0.0263. The average Bonchev–Trinajstić information content (AvgIpc) is 3.16. The second kappa shape index (κ2) is 10.8. The van der Waals surface area contributed by atoms with Crippen LogP contribution < -0.4 is 14.2 Å². The van der Waals surface area contributed by atoms with E-state index in [-0.39, 0.29) is 52.1 Å². The summed E-state index contributed by atoms with van der Waals surface area (Å²) in [7, 11) is 4.81. The normalized spacial score (nSPS) is 17.8. The summed E-state index contributed by atoms with van der Waals surface area (Å²) in [6.07, 6.45) is 2.11. The number of halogens is 1. The zero-order chi connectivity index (χ0) is 25.0. The molecule has 1 aliphatic heterocycles. The molecule has 2 unspecified atom stereocenters. The maximum absolute atomic E-state index is 13.1. The standard InChI is InChI=1S/C24H27ClN2O7/c1-13(28)20-18(31-4)11-19(32-5)21(15-8-10-27(3)17(15)12-33-14(2)29)22(20)34-24(30)16-7-6-9-26-23(16)25/h6-7,9,11,15,17H,8,10,12H2,1-5H3. The summed E-state index contributed by atoms with van der Waals surface area (Å²) in [6, 6.07) is 4.41. The molecular weight excluding hydrogens is 464 g/mol. The summed E-state index contributed by atoms with van der Waals surface area (Å²) in [5.41, 5.74) is 0.669. The van der Waals surface area contributed by atoms with Crippen molar-refractivity contribution in [1.82, 2.24) is 9.88 Å². The second-order valence-electron chi connectivity index (χ2n) is 7.93. The van der Waals surface area contributed by atoms with Gasteiger partial charge in [-0.1, -0.05) is 11.6 Å². The molecule has 1 fully saturated rings. The number of hydrogen-bond acceptors (Lipinski definition) is 9. The van der Waals surface area contributed by atoms with E-state index >= 15 is 0 Å². The molecule has 2 atom stereocenters. The number of rotatable bonds is 8. The zero-order valence-electron chi connectivity index (χ0n) is 19.7. The maximum Gasteiger partial charge on any atom is 0.346 e. The van der Waals surface area contributed by atoms with E-state index in [2.05, 4.69) is 4.98 Å². The number of nitrogens with zero attached hydrogens (tertiary/aromatic N) is 2. The first-order valence-corrected chi connectivity index (χ1v) is 11.0. The van der Waals surface area contributed by atoms with Crippen LogP contribution in [-0.2, 0) is 9.53 Å². The SMILES string of the molecule is COc1cc(OC)c(C2CCN(C)C2COC(C)=O)c(OC(=O)c2cccnc2Cl)c1C(C)=O. The van der Waals surface area contributed by atoms with Gasteiger partial charge in [-0.05, 0) is 39.1 Å². The summed E-state index contributed by atoms with van der Waals surface area (Å²) in [5, 5.41) is -0.0263.